The number of para-hydroxylation sites is 1. The van der Waals surface area contributed by atoms with Gasteiger partial charge in [0, 0.05) is 61.8 Å². The summed E-state index contributed by atoms with van der Waals surface area (Å²) in [6.45, 7) is 5.81. The van der Waals surface area contributed by atoms with Crippen molar-refractivity contribution in [3.05, 3.63) is 99.9 Å². The summed E-state index contributed by atoms with van der Waals surface area (Å²) in [6.07, 6.45) is -2.83. The van der Waals surface area contributed by atoms with E-state index in [9.17, 15) is 36.5 Å². The summed E-state index contributed by atoms with van der Waals surface area (Å²) in [4.78, 5) is 35.2. The van der Waals surface area contributed by atoms with E-state index in [2.05, 4.69) is 14.7 Å². The molecule has 17 heteroatoms. The van der Waals surface area contributed by atoms with Gasteiger partial charge in [-0.2, -0.15) is 13.2 Å². The molecular weight excluding hydrogens is 705 g/mol. The summed E-state index contributed by atoms with van der Waals surface area (Å²) in [5, 5.41) is 11.6. The number of nitro benzene ring substituents is 1. The first kappa shape index (κ1) is 38.0. The van der Waals surface area contributed by atoms with Crippen molar-refractivity contribution in [2.45, 2.75) is 50.9 Å². The van der Waals surface area contributed by atoms with Crippen LogP contribution >= 0.6 is 0 Å². The smallest absolute Gasteiger partial charge is 0.434 e. The minimum atomic E-state index is -4.90. The van der Waals surface area contributed by atoms with Crippen molar-refractivity contribution in [2.24, 2.45) is 0 Å². The number of nitrogens with zero attached hydrogens (tertiary/aromatic N) is 5. The van der Waals surface area contributed by atoms with E-state index in [1.807, 2.05) is 24.8 Å². The van der Waals surface area contributed by atoms with Crippen LogP contribution in [0.2, 0.25) is 0 Å². The molecule has 52 heavy (non-hydrogen) atoms. The lowest BCUT2D eigenvalue weighted by Crippen LogP contribution is -2.55. The Morgan fingerprint density at radius 1 is 1.02 bits per heavy atom. The van der Waals surface area contributed by atoms with Gasteiger partial charge in [-0.05, 0) is 67.8 Å². The second-order valence-corrected chi connectivity index (χ2v) is 13.4. The standard InChI is InChI=1S/C35H37F3N6O7S/c1-4-25-22-42(34(45)27-14-16-31(50-5-2)41-32(27)35(36,37)38)18-19-43(25)28-15-13-23(26-10-9-17-39-33(26)51-6-3)20-24(28)21-40-52(48,49)30-12-8-7-11-29(30)44(46)47/h7-17,20,25,40H,4-6,18-19,21-22H2,1-3H3. The molecule has 4 aromatic rings. The molecule has 5 rings (SSSR count). The summed E-state index contributed by atoms with van der Waals surface area (Å²) in [5.41, 5.74) is -0.0908. The Hall–Kier alpha value is -5.29. The number of benzene rings is 2. The Balaban J connectivity index is 1.49. The molecule has 2 aromatic carbocycles. The van der Waals surface area contributed by atoms with Crippen LogP contribution in [0.1, 0.15) is 48.8 Å². The third-order valence-electron chi connectivity index (χ3n) is 8.46. The first-order chi connectivity index (χ1) is 24.8. The van der Waals surface area contributed by atoms with Crippen molar-refractivity contribution in [3.63, 3.8) is 0 Å². The number of hydrogen-bond acceptors (Lipinski definition) is 10. The van der Waals surface area contributed by atoms with Crippen LogP contribution in [0.25, 0.3) is 11.1 Å². The van der Waals surface area contributed by atoms with Crippen molar-refractivity contribution in [2.75, 3.05) is 37.7 Å². The Morgan fingerprint density at radius 3 is 2.46 bits per heavy atom. The lowest BCUT2D eigenvalue weighted by molar-refractivity contribution is -0.387. The zero-order chi connectivity index (χ0) is 37.6. The van der Waals surface area contributed by atoms with E-state index in [1.54, 1.807) is 37.4 Å². The number of piperazine rings is 1. The Kier molecular flexibility index (Phi) is 11.6. The van der Waals surface area contributed by atoms with E-state index in [-0.39, 0.29) is 44.7 Å². The molecule has 0 radical (unpaired) electrons. The highest BCUT2D eigenvalue weighted by molar-refractivity contribution is 7.89. The number of aromatic nitrogens is 2. The van der Waals surface area contributed by atoms with E-state index in [4.69, 9.17) is 9.47 Å². The van der Waals surface area contributed by atoms with Gasteiger partial charge in [-0.1, -0.05) is 25.1 Å². The van der Waals surface area contributed by atoms with Gasteiger partial charge in [-0.25, -0.2) is 23.1 Å². The SMILES string of the molecule is CCOc1ccc(C(=O)N2CCN(c3ccc(-c4cccnc4OCC)cc3CNS(=O)(=O)c3ccccc3[N+](=O)[O-])C(CC)C2)c(C(F)(F)F)n1. The number of hydrogen-bond donors (Lipinski definition) is 1. The van der Waals surface area contributed by atoms with Crippen molar-refractivity contribution in [1.29, 1.82) is 0 Å². The monoisotopic (exact) mass is 742 g/mol. The molecule has 1 saturated heterocycles. The first-order valence-electron chi connectivity index (χ1n) is 16.5. The summed E-state index contributed by atoms with van der Waals surface area (Å²) in [7, 11) is -4.38. The van der Waals surface area contributed by atoms with E-state index in [0.29, 0.717) is 41.3 Å². The van der Waals surface area contributed by atoms with Gasteiger partial charge in [0.1, 0.15) is 0 Å². The van der Waals surface area contributed by atoms with Gasteiger partial charge >= 0.3 is 6.18 Å². The van der Waals surface area contributed by atoms with Gasteiger partial charge in [0.2, 0.25) is 21.8 Å². The van der Waals surface area contributed by atoms with Crippen LogP contribution in [0.3, 0.4) is 0 Å². The summed E-state index contributed by atoms with van der Waals surface area (Å²) >= 11 is 0. The zero-order valence-corrected chi connectivity index (χ0v) is 29.4. The van der Waals surface area contributed by atoms with Crippen LogP contribution in [-0.4, -0.2) is 73.0 Å². The molecule has 1 fully saturated rings. The highest BCUT2D eigenvalue weighted by Gasteiger charge is 2.40. The number of carbonyl (C=O) groups is 1. The molecule has 1 N–H and O–H groups in total. The van der Waals surface area contributed by atoms with Crippen molar-refractivity contribution in [1.82, 2.24) is 19.6 Å². The molecule has 276 valence electrons. The van der Waals surface area contributed by atoms with E-state index < -0.39 is 48.9 Å². The molecule has 0 saturated carbocycles. The number of sulfonamides is 1. The average Bonchev–Trinajstić information content (AvgIpc) is 3.13. The third kappa shape index (κ3) is 8.26. The van der Waals surface area contributed by atoms with Gasteiger partial charge in [0.15, 0.2) is 10.6 Å². The van der Waals surface area contributed by atoms with Crippen LogP contribution in [0.5, 0.6) is 11.8 Å². The van der Waals surface area contributed by atoms with Crippen LogP contribution in [0.4, 0.5) is 24.5 Å². The normalized spacial score (nSPS) is 15.0. The number of carbonyl (C=O) groups excluding carboxylic acids is 1. The molecule has 1 atom stereocenters. The van der Waals surface area contributed by atoms with Gasteiger partial charge in [-0.3, -0.25) is 14.9 Å². The lowest BCUT2D eigenvalue weighted by atomic mass is 9.99. The number of anilines is 1. The van der Waals surface area contributed by atoms with Crippen molar-refractivity contribution >= 4 is 27.3 Å². The van der Waals surface area contributed by atoms with Gasteiger partial charge in [0.05, 0.1) is 23.7 Å². The first-order valence-corrected chi connectivity index (χ1v) is 18.0. The van der Waals surface area contributed by atoms with Crippen LogP contribution < -0.4 is 19.1 Å². The van der Waals surface area contributed by atoms with Gasteiger partial charge < -0.3 is 19.3 Å². The minimum Gasteiger partial charge on any atom is -0.478 e. The molecule has 1 aliphatic heterocycles. The summed E-state index contributed by atoms with van der Waals surface area (Å²) in [5.74, 6) is -0.700. The van der Waals surface area contributed by atoms with Crippen molar-refractivity contribution < 1.29 is 40.8 Å². The second-order valence-electron chi connectivity index (χ2n) is 11.7. The maximum Gasteiger partial charge on any atom is 0.434 e. The predicted molar refractivity (Wildman–Crippen MR) is 186 cm³/mol. The number of rotatable bonds is 13. The Bertz CT molecular complexity index is 2050. The number of ether oxygens (including phenoxy) is 2. The molecule has 0 aliphatic carbocycles. The molecule has 13 nitrogen and oxygen atoms in total. The number of halogens is 3. The quantitative estimate of drug-likeness (QED) is 0.126. The molecule has 1 aliphatic rings. The third-order valence-corrected chi connectivity index (χ3v) is 9.91. The Labute approximate surface area is 298 Å². The fraction of sp³-hybridized carbons (Fsp3) is 0.343. The number of pyridine rings is 2. The summed E-state index contributed by atoms with van der Waals surface area (Å²) in [6, 6.07) is 15.9. The van der Waals surface area contributed by atoms with E-state index >= 15 is 0 Å². The minimum absolute atomic E-state index is 0.0556. The summed E-state index contributed by atoms with van der Waals surface area (Å²) < 4.78 is 82.3. The van der Waals surface area contributed by atoms with E-state index in [0.717, 1.165) is 18.2 Å². The van der Waals surface area contributed by atoms with Crippen LogP contribution in [0, 0.1) is 10.1 Å². The Morgan fingerprint density at radius 2 is 1.77 bits per heavy atom. The maximum absolute atomic E-state index is 14.0. The lowest BCUT2D eigenvalue weighted by Gasteiger charge is -2.43. The molecule has 1 amide bonds. The second kappa shape index (κ2) is 15.9. The van der Waals surface area contributed by atoms with Gasteiger partial charge in [-0.15, -0.1) is 0 Å². The topological polar surface area (TPSA) is 157 Å². The maximum atomic E-state index is 14.0. The molecule has 0 bridgehead atoms. The fourth-order valence-corrected chi connectivity index (χ4v) is 7.23. The molecule has 0 spiro atoms. The highest BCUT2D eigenvalue weighted by atomic mass is 32.2. The number of amides is 1. The van der Waals surface area contributed by atoms with Crippen LogP contribution in [0.15, 0.2) is 77.8 Å². The predicted octanol–water partition coefficient (Wildman–Crippen LogP) is 6.09. The van der Waals surface area contributed by atoms with E-state index in [1.165, 1.54) is 23.1 Å². The fourth-order valence-electron chi connectivity index (χ4n) is 6.06. The zero-order valence-electron chi connectivity index (χ0n) is 28.6. The highest BCUT2D eigenvalue weighted by Crippen LogP contribution is 2.36. The van der Waals surface area contributed by atoms with Crippen molar-refractivity contribution in [3.8, 4) is 22.9 Å². The van der Waals surface area contributed by atoms with Crippen LogP contribution in [-0.2, 0) is 22.7 Å². The molecular formula is C35H37F3N6O7S. The molecule has 1 unspecified atom stereocenters. The number of nitro groups is 1. The number of alkyl halides is 3. The largest absolute Gasteiger partial charge is 0.478 e. The average molecular weight is 743 g/mol. The number of nitrogens with one attached hydrogen (secondary N) is 1. The molecule has 3 heterocycles. The van der Waals surface area contributed by atoms with Gasteiger partial charge in [0.25, 0.3) is 11.6 Å². The molecule has 2 aromatic heterocycles.